The molecule has 0 amide bonds. The molecule has 0 aliphatic rings. The summed E-state index contributed by atoms with van der Waals surface area (Å²) in [7, 11) is 1.95. The highest BCUT2D eigenvalue weighted by Gasteiger charge is 2.00. The normalized spacial score (nSPS) is 10.5. The zero-order chi connectivity index (χ0) is 12.1. The van der Waals surface area contributed by atoms with Gasteiger partial charge in [-0.05, 0) is 49.0 Å². The third-order valence-electron chi connectivity index (χ3n) is 2.27. The molecule has 0 unspecified atom stereocenters. The van der Waals surface area contributed by atoms with Gasteiger partial charge in [-0.1, -0.05) is 12.1 Å². The summed E-state index contributed by atoms with van der Waals surface area (Å²) in [6, 6.07) is 8.43. The zero-order valence-electron chi connectivity index (χ0n) is 9.97. The van der Waals surface area contributed by atoms with Crippen LogP contribution in [0.2, 0.25) is 0 Å². The lowest BCUT2D eigenvalue weighted by Crippen LogP contribution is -2.04. The summed E-state index contributed by atoms with van der Waals surface area (Å²) in [6.07, 6.45) is 3.68. The van der Waals surface area contributed by atoms with Gasteiger partial charge in [0.2, 0.25) is 0 Å². The molecule has 1 heterocycles. The summed E-state index contributed by atoms with van der Waals surface area (Å²) in [4.78, 5) is 9.70. The van der Waals surface area contributed by atoms with Crippen LogP contribution in [-0.2, 0) is 6.54 Å². The maximum atomic E-state index is 4.27. The molecule has 0 saturated heterocycles. The van der Waals surface area contributed by atoms with Crippen molar-refractivity contribution in [3.63, 3.8) is 0 Å². The van der Waals surface area contributed by atoms with Crippen LogP contribution in [-0.4, -0.2) is 17.0 Å². The average Bonchev–Trinajstić information content (AvgIpc) is 2.35. The number of hydrogen-bond donors (Lipinski definition) is 1. The maximum Gasteiger partial charge on any atom is 0.192 e. The molecule has 0 spiro atoms. The highest BCUT2D eigenvalue weighted by atomic mass is 32.2. The fourth-order valence-electron chi connectivity index (χ4n) is 1.42. The van der Waals surface area contributed by atoms with E-state index < -0.39 is 0 Å². The van der Waals surface area contributed by atoms with Crippen molar-refractivity contribution in [1.29, 1.82) is 0 Å². The summed E-state index contributed by atoms with van der Waals surface area (Å²) < 4.78 is 0. The van der Waals surface area contributed by atoms with Gasteiger partial charge in [-0.3, -0.25) is 0 Å². The Labute approximate surface area is 106 Å². The fraction of sp³-hybridized carbons (Fsp3) is 0.231. The molecule has 0 fully saturated rings. The Kier molecular flexibility index (Phi) is 4.12. The van der Waals surface area contributed by atoms with E-state index in [2.05, 4.69) is 39.6 Å². The smallest absolute Gasteiger partial charge is 0.192 e. The second-order valence-corrected chi connectivity index (χ2v) is 4.86. The molecule has 0 aliphatic carbocycles. The molecule has 0 bridgehead atoms. The van der Waals surface area contributed by atoms with Gasteiger partial charge in [0, 0.05) is 23.8 Å². The summed E-state index contributed by atoms with van der Waals surface area (Å²) in [6.45, 7) is 2.88. The van der Waals surface area contributed by atoms with E-state index in [0.29, 0.717) is 0 Å². The Morgan fingerprint density at radius 2 is 1.76 bits per heavy atom. The fourth-order valence-corrected chi connectivity index (χ4v) is 2.11. The highest BCUT2D eigenvalue weighted by molar-refractivity contribution is 7.99. The van der Waals surface area contributed by atoms with Crippen molar-refractivity contribution in [1.82, 2.24) is 15.3 Å². The van der Waals surface area contributed by atoms with Gasteiger partial charge < -0.3 is 5.32 Å². The number of benzene rings is 1. The monoisotopic (exact) mass is 245 g/mol. The molecular weight excluding hydrogens is 230 g/mol. The van der Waals surface area contributed by atoms with Crippen LogP contribution in [0.3, 0.4) is 0 Å². The zero-order valence-corrected chi connectivity index (χ0v) is 10.8. The minimum absolute atomic E-state index is 0.789. The number of aromatic nitrogens is 2. The van der Waals surface area contributed by atoms with Gasteiger partial charge in [-0.2, -0.15) is 0 Å². The molecule has 17 heavy (non-hydrogen) atoms. The Morgan fingerprint density at radius 1 is 1.12 bits per heavy atom. The van der Waals surface area contributed by atoms with E-state index in [1.807, 2.05) is 26.4 Å². The molecule has 0 aliphatic heterocycles. The Balaban J connectivity index is 2.05. The second-order valence-electron chi connectivity index (χ2n) is 3.82. The predicted octanol–water partition coefficient (Wildman–Crippen LogP) is 2.66. The van der Waals surface area contributed by atoms with Gasteiger partial charge in [0.1, 0.15) is 0 Å². The standard InChI is InChI=1S/C13H15N3S/c1-10-7-15-13(16-8-10)17-12-5-3-11(4-6-12)9-14-2/h3-8,14H,9H2,1-2H3. The lowest BCUT2D eigenvalue weighted by atomic mass is 10.2. The van der Waals surface area contributed by atoms with Crippen LogP contribution in [0.25, 0.3) is 0 Å². The molecular formula is C13H15N3S. The van der Waals surface area contributed by atoms with E-state index in [4.69, 9.17) is 0 Å². The largest absolute Gasteiger partial charge is 0.316 e. The number of aryl methyl sites for hydroxylation is 1. The van der Waals surface area contributed by atoms with Crippen LogP contribution in [0.4, 0.5) is 0 Å². The molecule has 2 aromatic rings. The van der Waals surface area contributed by atoms with Gasteiger partial charge >= 0.3 is 0 Å². The number of hydrogen-bond acceptors (Lipinski definition) is 4. The Hall–Kier alpha value is -1.39. The molecule has 3 nitrogen and oxygen atoms in total. The van der Waals surface area contributed by atoms with Crippen molar-refractivity contribution in [2.24, 2.45) is 0 Å². The minimum atomic E-state index is 0.789. The third kappa shape index (κ3) is 3.54. The summed E-state index contributed by atoms with van der Waals surface area (Å²) in [5.74, 6) is 0. The van der Waals surface area contributed by atoms with Gasteiger partial charge in [0.15, 0.2) is 5.16 Å². The molecule has 0 atom stereocenters. The average molecular weight is 245 g/mol. The minimum Gasteiger partial charge on any atom is -0.316 e. The number of rotatable bonds is 4. The van der Waals surface area contributed by atoms with Crippen LogP contribution in [0.15, 0.2) is 46.7 Å². The van der Waals surface area contributed by atoms with Gasteiger partial charge in [0.25, 0.3) is 0 Å². The van der Waals surface area contributed by atoms with Crippen molar-refractivity contribution < 1.29 is 0 Å². The van der Waals surface area contributed by atoms with E-state index >= 15 is 0 Å². The number of nitrogens with one attached hydrogen (secondary N) is 1. The molecule has 88 valence electrons. The first kappa shape index (κ1) is 12.1. The van der Waals surface area contributed by atoms with Crippen molar-refractivity contribution in [3.05, 3.63) is 47.8 Å². The molecule has 2 rings (SSSR count). The van der Waals surface area contributed by atoms with E-state index in [0.717, 1.165) is 22.2 Å². The van der Waals surface area contributed by atoms with E-state index in [-0.39, 0.29) is 0 Å². The van der Waals surface area contributed by atoms with Gasteiger partial charge in [-0.25, -0.2) is 9.97 Å². The van der Waals surface area contributed by atoms with Crippen LogP contribution in [0.1, 0.15) is 11.1 Å². The van der Waals surface area contributed by atoms with Crippen molar-refractivity contribution in [2.75, 3.05) is 7.05 Å². The quantitative estimate of drug-likeness (QED) is 0.840. The summed E-state index contributed by atoms with van der Waals surface area (Å²) in [5.41, 5.74) is 2.36. The van der Waals surface area contributed by atoms with Crippen molar-refractivity contribution >= 4 is 11.8 Å². The molecule has 0 saturated carbocycles. The number of nitrogens with zero attached hydrogens (tertiary/aromatic N) is 2. The third-order valence-corrected chi connectivity index (χ3v) is 3.17. The van der Waals surface area contributed by atoms with E-state index in [9.17, 15) is 0 Å². The van der Waals surface area contributed by atoms with Crippen LogP contribution >= 0.6 is 11.8 Å². The molecule has 0 radical (unpaired) electrons. The van der Waals surface area contributed by atoms with Gasteiger partial charge in [-0.15, -0.1) is 0 Å². The topological polar surface area (TPSA) is 37.8 Å². The lowest BCUT2D eigenvalue weighted by molar-refractivity contribution is 0.817. The van der Waals surface area contributed by atoms with Crippen molar-refractivity contribution in [3.8, 4) is 0 Å². The maximum absolute atomic E-state index is 4.27. The highest BCUT2D eigenvalue weighted by Crippen LogP contribution is 2.24. The van der Waals surface area contributed by atoms with Crippen LogP contribution < -0.4 is 5.32 Å². The summed E-state index contributed by atoms with van der Waals surface area (Å²) in [5, 5.41) is 3.92. The predicted molar refractivity (Wildman–Crippen MR) is 70.1 cm³/mol. The molecule has 1 aromatic carbocycles. The summed E-state index contributed by atoms with van der Waals surface area (Å²) >= 11 is 1.58. The SMILES string of the molecule is CNCc1ccc(Sc2ncc(C)cn2)cc1. The Bertz CT molecular complexity index is 465. The van der Waals surface area contributed by atoms with E-state index in [1.165, 1.54) is 5.56 Å². The first-order valence-corrected chi connectivity index (χ1v) is 6.29. The van der Waals surface area contributed by atoms with Crippen LogP contribution in [0, 0.1) is 6.92 Å². The first-order valence-electron chi connectivity index (χ1n) is 5.48. The van der Waals surface area contributed by atoms with Crippen LogP contribution in [0.5, 0.6) is 0 Å². The second kappa shape index (κ2) is 5.80. The van der Waals surface area contributed by atoms with Gasteiger partial charge in [0.05, 0.1) is 0 Å². The Morgan fingerprint density at radius 3 is 2.35 bits per heavy atom. The van der Waals surface area contributed by atoms with Crippen molar-refractivity contribution in [2.45, 2.75) is 23.5 Å². The molecule has 4 heteroatoms. The van der Waals surface area contributed by atoms with E-state index in [1.54, 1.807) is 11.8 Å². The first-order chi connectivity index (χ1) is 8.28. The molecule has 1 aromatic heterocycles. The molecule has 1 N–H and O–H groups in total. The lowest BCUT2D eigenvalue weighted by Gasteiger charge is -2.03.